The van der Waals surface area contributed by atoms with Gasteiger partial charge in [0.05, 0.1) is 5.66 Å². The van der Waals surface area contributed by atoms with Crippen LogP contribution < -0.4 is 9.05 Å². The van der Waals surface area contributed by atoms with E-state index in [2.05, 4.69) is 0 Å². The van der Waals surface area contributed by atoms with E-state index in [-0.39, 0.29) is 12.2 Å². The first-order valence-corrected chi connectivity index (χ1v) is 9.38. The van der Waals surface area contributed by atoms with Crippen LogP contribution in [-0.4, -0.2) is 11.4 Å². The molecule has 0 radical (unpaired) electrons. The van der Waals surface area contributed by atoms with E-state index in [9.17, 15) is 9.36 Å². The zero-order valence-corrected chi connectivity index (χ0v) is 13.7. The van der Waals surface area contributed by atoms with Gasteiger partial charge >= 0.3 is 7.60 Å². The lowest BCUT2D eigenvalue weighted by molar-refractivity contribution is -0.120. The highest BCUT2D eigenvalue weighted by Crippen LogP contribution is 2.56. The maximum Gasteiger partial charge on any atom is 0.434 e. The summed E-state index contributed by atoms with van der Waals surface area (Å²) < 4.78 is 25.0. The van der Waals surface area contributed by atoms with Gasteiger partial charge < -0.3 is 9.05 Å². The second kappa shape index (κ2) is 7.01. The number of carbonyl (C=O) groups is 1. The Hall–Kier alpha value is -2.06. The molecule has 0 aromatic heterocycles. The number of para-hydroxylation sites is 2. The topological polar surface area (TPSA) is 52.6 Å². The Kier molecular flexibility index (Phi) is 4.82. The van der Waals surface area contributed by atoms with Gasteiger partial charge in [0.15, 0.2) is 0 Å². The Morgan fingerprint density at radius 2 is 1.39 bits per heavy atom. The molecule has 3 rings (SSSR count). The van der Waals surface area contributed by atoms with Gasteiger partial charge in [-0.3, -0.25) is 4.79 Å². The summed E-state index contributed by atoms with van der Waals surface area (Å²) in [4.78, 5) is 11.8. The number of hydrogen-bond acceptors (Lipinski definition) is 4. The molecule has 120 valence electrons. The third-order valence-corrected chi connectivity index (χ3v) is 6.12. The smallest absolute Gasteiger partial charge is 0.416 e. The normalized spacial score (nSPS) is 18.4. The van der Waals surface area contributed by atoms with Crippen molar-refractivity contribution in [3.05, 3.63) is 60.7 Å². The SMILES string of the molecule is O=C1CCCC(P(=O)(Oc2ccccc2)Oc2ccccc2)C1. The molecule has 1 aliphatic carbocycles. The van der Waals surface area contributed by atoms with Crippen molar-refractivity contribution in [1.29, 1.82) is 0 Å². The minimum Gasteiger partial charge on any atom is -0.416 e. The van der Waals surface area contributed by atoms with E-state index < -0.39 is 13.3 Å². The number of Topliss-reactive ketones (excluding diaryl/α,β-unsaturated/α-hetero) is 1. The summed E-state index contributed by atoms with van der Waals surface area (Å²) in [6.45, 7) is 0. The minimum atomic E-state index is -3.50. The molecule has 4 nitrogen and oxygen atoms in total. The van der Waals surface area contributed by atoms with Gasteiger partial charge in [-0.15, -0.1) is 0 Å². The lowest BCUT2D eigenvalue weighted by atomic mass is 9.99. The molecule has 1 unspecified atom stereocenters. The molecular formula is C18H19O4P. The van der Waals surface area contributed by atoms with Crippen LogP contribution in [0.5, 0.6) is 11.5 Å². The first-order chi connectivity index (χ1) is 11.2. The third kappa shape index (κ3) is 4.02. The Morgan fingerprint density at radius 3 is 1.87 bits per heavy atom. The molecule has 0 heterocycles. The Labute approximate surface area is 136 Å². The number of rotatable bonds is 5. The number of hydrogen-bond donors (Lipinski definition) is 0. The molecule has 1 fully saturated rings. The molecule has 0 N–H and O–H groups in total. The monoisotopic (exact) mass is 330 g/mol. The van der Waals surface area contributed by atoms with E-state index in [0.29, 0.717) is 24.3 Å². The first kappa shape index (κ1) is 15.8. The molecule has 1 saturated carbocycles. The van der Waals surface area contributed by atoms with E-state index in [0.717, 1.165) is 6.42 Å². The van der Waals surface area contributed by atoms with Gasteiger partial charge in [-0.25, -0.2) is 4.57 Å². The Bertz CT molecular complexity index is 654. The Balaban J connectivity index is 1.88. The first-order valence-electron chi connectivity index (χ1n) is 7.76. The quantitative estimate of drug-likeness (QED) is 0.735. The van der Waals surface area contributed by atoms with E-state index in [4.69, 9.17) is 9.05 Å². The van der Waals surface area contributed by atoms with E-state index in [1.54, 1.807) is 24.3 Å². The second-order valence-corrected chi connectivity index (χ2v) is 7.81. The van der Waals surface area contributed by atoms with Gasteiger partial charge in [0.1, 0.15) is 17.3 Å². The summed E-state index contributed by atoms with van der Waals surface area (Å²) >= 11 is 0. The highest BCUT2D eigenvalue weighted by molar-refractivity contribution is 7.55. The number of benzene rings is 2. The molecular weight excluding hydrogens is 311 g/mol. The van der Waals surface area contributed by atoms with Crippen molar-refractivity contribution in [2.24, 2.45) is 0 Å². The van der Waals surface area contributed by atoms with Crippen LogP contribution in [0.2, 0.25) is 0 Å². The predicted molar refractivity (Wildman–Crippen MR) is 89.0 cm³/mol. The maximum atomic E-state index is 13.5. The molecule has 0 bridgehead atoms. The molecule has 5 heteroatoms. The lowest BCUT2D eigenvalue weighted by Gasteiger charge is -2.29. The van der Waals surface area contributed by atoms with E-state index >= 15 is 0 Å². The molecule has 1 aliphatic rings. The maximum absolute atomic E-state index is 13.5. The van der Waals surface area contributed by atoms with Crippen LogP contribution in [0.1, 0.15) is 25.7 Å². The van der Waals surface area contributed by atoms with Crippen molar-refractivity contribution in [2.45, 2.75) is 31.3 Å². The highest BCUT2D eigenvalue weighted by Gasteiger charge is 2.41. The van der Waals surface area contributed by atoms with Crippen LogP contribution in [0.3, 0.4) is 0 Å². The van der Waals surface area contributed by atoms with Crippen LogP contribution in [-0.2, 0) is 9.36 Å². The van der Waals surface area contributed by atoms with Gasteiger partial charge in [0.25, 0.3) is 0 Å². The van der Waals surface area contributed by atoms with Gasteiger partial charge in [-0.05, 0) is 37.1 Å². The van der Waals surface area contributed by atoms with Crippen molar-refractivity contribution in [2.75, 3.05) is 0 Å². The van der Waals surface area contributed by atoms with Crippen LogP contribution in [0.4, 0.5) is 0 Å². The molecule has 23 heavy (non-hydrogen) atoms. The molecule has 0 amide bonds. The summed E-state index contributed by atoms with van der Waals surface area (Å²) in [7, 11) is -3.50. The van der Waals surface area contributed by atoms with Gasteiger partial charge in [0.2, 0.25) is 0 Å². The molecule has 0 saturated heterocycles. The van der Waals surface area contributed by atoms with Gasteiger partial charge in [-0.1, -0.05) is 36.4 Å². The third-order valence-electron chi connectivity index (χ3n) is 3.86. The molecule has 2 aromatic carbocycles. The van der Waals surface area contributed by atoms with Crippen molar-refractivity contribution >= 4 is 13.4 Å². The van der Waals surface area contributed by atoms with Crippen molar-refractivity contribution in [3.63, 3.8) is 0 Å². The van der Waals surface area contributed by atoms with E-state index in [1.165, 1.54) is 0 Å². The molecule has 2 aromatic rings. The highest BCUT2D eigenvalue weighted by atomic mass is 31.2. The summed E-state index contributed by atoms with van der Waals surface area (Å²) in [6.07, 6.45) is 2.19. The van der Waals surface area contributed by atoms with E-state index in [1.807, 2.05) is 36.4 Å². The fraction of sp³-hybridized carbons (Fsp3) is 0.278. The van der Waals surface area contributed by atoms with Crippen LogP contribution in [0, 0.1) is 0 Å². The predicted octanol–water partition coefficient (Wildman–Crippen LogP) is 4.85. The van der Waals surface area contributed by atoms with Crippen molar-refractivity contribution in [1.82, 2.24) is 0 Å². The summed E-state index contributed by atoms with van der Waals surface area (Å²) in [5, 5.41) is 0. The molecule has 0 aliphatic heterocycles. The molecule has 1 atom stereocenters. The minimum absolute atomic E-state index is 0.120. The fourth-order valence-corrected chi connectivity index (χ4v) is 4.79. The van der Waals surface area contributed by atoms with Crippen LogP contribution in [0.25, 0.3) is 0 Å². The summed E-state index contributed by atoms with van der Waals surface area (Å²) in [5.41, 5.74) is -0.399. The second-order valence-electron chi connectivity index (χ2n) is 5.64. The lowest BCUT2D eigenvalue weighted by Crippen LogP contribution is -2.24. The van der Waals surface area contributed by atoms with Crippen LogP contribution >= 0.6 is 7.60 Å². The van der Waals surface area contributed by atoms with Gasteiger partial charge in [-0.2, -0.15) is 0 Å². The van der Waals surface area contributed by atoms with Crippen molar-refractivity contribution in [3.8, 4) is 11.5 Å². The number of ketones is 1. The summed E-state index contributed by atoms with van der Waals surface area (Å²) in [5.74, 6) is 1.10. The van der Waals surface area contributed by atoms with Gasteiger partial charge in [0, 0.05) is 12.8 Å². The average molecular weight is 330 g/mol. The number of carbonyl (C=O) groups excluding carboxylic acids is 1. The zero-order valence-electron chi connectivity index (χ0n) is 12.8. The largest absolute Gasteiger partial charge is 0.434 e. The molecule has 0 spiro atoms. The zero-order chi connectivity index (χ0) is 16.1. The van der Waals surface area contributed by atoms with Crippen LogP contribution in [0.15, 0.2) is 60.7 Å². The summed E-state index contributed by atoms with van der Waals surface area (Å²) in [6, 6.07) is 17.9. The average Bonchev–Trinajstić information content (AvgIpc) is 2.56. The fourth-order valence-electron chi connectivity index (χ4n) is 2.70. The Morgan fingerprint density at radius 1 is 0.870 bits per heavy atom. The van der Waals surface area contributed by atoms with Crippen molar-refractivity contribution < 1.29 is 18.4 Å². The standard InChI is InChI=1S/C18H19O4P/c19-15-8-7-13-18(14-15)23(20,21-16-9-3-1-4-10-16)22-17-11-5-2-6-12-17/h1-6,9-12,18H,7-8,13-14H2.